The van der Waals surface area contributed by atoms with Crippen molar-refractivity contribution < 1.29 is 9.53 Å². The van der Waals surface area contributed by atoms with Crippen LogP contribution in [0.25, 0.3) is 0 Å². The number of nitrogens with zero attached hydrogens (tertiary/aromatic N) is 2. The highest BCUT2D eigenvalue weighted by Crippen LogP contribution is 2.15. The number of carbonyl (C=O) groups is 1. The number of carbonyl (C=O) groups excluding carboxylic acids is 1. The average molecular weight is 393 g/mol. The smallest absolute Gasteiger partial charge is 0.237 e. The molecule has 0 fully saturated rings. The summed E-state index contributed by atoms with van der Waals surface area (Å²) in [6.45, 7) is 5.60. The predicted molar refractivity (Wildman–Crippen MR) is 114 cm³/mol. The average Bonchev–Trinajstić information content (AvgIpc) is 3.11. The Morgan fingerprint density at radius 2 is 1.90 bits per heavy atom. The number of imidazole rings is 1. The largest absolute Gasteiger partial charge is 0.492 e. The third kappa shape index (κ3) is 6.47. The van der Waals surface area contributed by atoms with E-state index in [2.05, 4.69) is 28.5 Å². The maximum absolute atomic E-state index is 12.2. The van der Waals surface area contributed by atoms with Crippen LogP contribution in [0.4, 0.5) is 0 Å². The van der Waals surface area contributed by atoms with Gasteiger partial charge in [0.05, 0.1) is 24.6 Å². The minimum Gasteiger partial charge on any atom is -0.492 e. The molecule has 0 bridgehead atoms. The van der Waals surface area contributed by atoms with Gasteiger partial charge in [-0.05, 0) is 42.7 Å². The summed E-state index contributed by atoms with van der Waals surface area (Å²) in [7, 11) is 0. The van der Waals surface area contributed by atoms with Crippen molar-refractivity contribution in [1.82, 2.24) is 14.9 Å². The molecule has 0 spiro atoms. The number of aryl methyl sites for hydroxylation is 2. The molecule has 1 amide bonds. The van der Waals surface area contributed by atoms with E-state index in [0.717, 1.165) is 29.1 Å². The first-order chi connectivity index (χ1) is 14.0. The molecule has 1 heterocycles. The van der Waals surface area contributed by atoms with Crippen LogP contribution in [-0.4, -0.2) is 34.7 Å². The van der Waals surface area contributed by atoms with Crippen LogP contribution in [0, 0.1) is 13.8 Å². The summed E-state index contributed by atoms with van der Waals surface area (Å²) >= 11 is 0. The highest BCUT2D eigenvalue weighted by Gasteiger charge is 2.15. The number of hydrogen-bond donors (Lipinski definition) is 2. The molecule has 0 radical (unpaired) electrons. The Labute approximate surface area is 171 Å². The van der Waals surface area contributed by atoms with Gasteiger partial charge in [-0.2, -0.15) is 0 Å². The van der Waals surface area contributed by atoms with Crippen molar-refractivity contribution in [3.8, 4) is 5.75 Å². The molecular formula is C23H28N4O2. The van der Waals surface area contributed by atoms with Gasteiger partial charge < -0.3 is 20.4 Å². The Morgan fingerprint density at radius 3 is 2.62 bits per heavy atom. The second-order valence-electron chi connectivity index (χ2n) is 7.30. The van der Waals surface area contributed by atoms with Gasteiger partial charge in [0.25, 0.3) is 0 Å². The van der Waals surface area contributed by atoms with Crippen LogP contribution >= 0.6 is 0 Å². The molecule has 3 N–H and O–H groups in total. The van der Waals surface area contributed by atoms with Crippen molar-refractivity contribution in [1.29, 1.82) is 0 Å². The number of nitrogens with two attached hydrogens (primary N) is 1. The van der Waals surface area contributed by atoms with Gasteiger partial charge >= 0.3 is 0 Å². The molecule has 29 heavy (non-hydrogen) atoms. The Balaban J connectivity index is 1.41. The molecule has 2 aromatic carbocycles. The summed E-state index contributed by atoms with van der Waals surface area (Å²) in [6.07, 6.45) is 4.10. The zero-order valence-corrected chi connectivity index (χ0v) is 17.0. The summed E-state index contributed by atoms with van der Waals surface area (Å²) in [5.41, 5.74) is 10.3. The lowest BCUT2D eigenvalue weighted by atomic mass is 10.1. The monoisotopic (exact) mass is 392 g/mol. The Hall–Kier alpha value is -3.12. The van der Waals surface area contributed by atoms with Crippen LogP contribution in [0.15, 0.2) is 61.1 Å². The zero-order chi connectivity index (χ0) is 20.6. The van der Waals surface area contributed by atoms with Gasteiger partial charge in [0.15, 0.2) is 0 Å². The number of aromatic nitrogens is 2. The third-order valence-electron chi connectivity index (χ3n) is 4.53. The number of rotatable bonds is 9. The Morgan fingerprint density at radius 1 is 1.17 bits per heavy atom. The first-order valence-electron chi connectivity index (χ1n) is 9.78. The van der Waals surface area contributed by atoms with E-state index in [4.69, 9.17) is 10.5 Å². The standard InChI is InChI=1S/C23H28N4O2/c1-17-10-18(2)12-21(11-17)29-9-8-25-23(28)22(24)13-20-15-27(16-26-20)14-19-6-4-3-5-7-19/h3-7,10-12,15-16,22H,8-9,13-14,24H2,1-2H3,(H,25,28)/t22-/m0/s1. The molecule has 152 valence electrons. The van der Waals surface area contributed by atoms with E-state index in [-0.39, 0.29) is 5.91 Å². The summed E-state index contributed by atoms with van der Waals surface area (Å²) in [6, 6.07) is 15.6. The molecule has 3 aromatic rings. The van der Waals surface area contributed by atoms with E-state index in [0.29, 0.717) is 19.6 Å². The molecule has 3 rings (SSSR count). The quantitative estimate of drug-likeness (QED) is 0.549. The number of ether oxygens (including phenoxy) is 1. The summed E-state index contributed by atoms with van der Waals surface area (Å²) in [5, 5.41) is 2.83. The molecule has 1 aromatic heterocycles. The fourth-order valence-electron chi connectivity index (χ4n) is 3.20. The molecule has 1 atom stereocenters. The lowest BCUT2D eigenvalue weighted by molar-refractivity contribution is -0.122. The molecule has 0 saturated heterocycles. The molecule has 0 unspecified atom stereocenters. The Kier molecular flexibility index (Phi) is 7.03. The van der Waals surface area contributed by atoms with Crippen molar-refractivity contribution >= 4 is 5.91 Å². The minimum atomic E-state index is -0.642. The zero-order valence-electron chi connectivity index (χ0n) is 17.0. The fourth-order valence-corrected chi connectivity index (χ4v) is 3.20. The maximum Gasteiger partial charge on any atom is 0.237 e. The first kappa shape index (κ1) is 20.6. The number of benzene rings is 2. The van der Waals surface area contributed by atoms with E-state index in [9.17, 15) is 4.79 Å². The topological polar surface area (TPSA) is 82.2 Å². The molecule has 0 aliphatic rings. The summed E-state index contributed by atoms with van der Waals surface area (Å²) in [4.78, 5) is 16.6. The third-order valence-corrected chi connectivity index (χ3v) is 4.53. The van der Waals surface area contributed by atoms with E-state index >= 15 is 0 Å². The SMILES string of the molecule is Cc1cc(C)cc(OCCNC(=O)[C@@H](N)Cc2cn(Cc3ccccc3)cn2)c1. The number of nitrogens with one attached hydrogen (secondary N) is 1. The van der Waals surface area contributed by atoms with E-state index in [1.54, 1.807) is 6.33 Å². The highest BCUT2D eigenvalue weighted by molar-refractivity contribution is 5.81. The molecule has 6 heteroatoms. The normalized spacial score (nSPS) is 11.8. The first-order valence-corrected chi connectivity index (χ1v) is 9.78. The van der Waals surface area contributed by atoms with Crippen LogP contribution < -0.4 is 15.8 Å². The van der Waals surface area contributed by atoms with Gasteiger partial charge in [0, 0.05) is 19.2 Å². The number of amides is 1. The lowest BCUT2D eigenvalue weighted by Crippen LogP contribution is -2.43. The minimum absolute atomic E-state index is 0.202. The van der Waals surface area contributed by atoms with Crippen molar-refractivity contribution in [2.75, 3.05) is 13.2 Å². The summed E-state index contributed by atoms with van der Waals surface area (Å²) in [5.74, 6) is 0.608. The fraction of sp³-hybridized carbons (Fsp3) is 0.304. The van der Waals surface area contributed by atoms with Crippen molar-refractivity contribution in [2.45, 2.75) is 32.9 Å². The van der Waals surface area contributed by atoms with E-state index in [1.807, 2.05) is 54.9 Å². The Bertz CT molecular complexity index is 917. The van der Waals surface area contributed by atoms with Gasteiger partial charge in [-0.25, -0.2) is 4.98 Å². The van der Waals surface area contributed by atoms with E-state index in [1.165, 1.54) is 5.56 Å². The van der Waals surface area contributed by atoms with Crippen molar-refractivity contribution in [2.24, 2.45) is 5.73 Å². The highest BCUT2D eigenvalue weighted by atomic mass is 16.5. The maximum atomic E-state index is 12.2. The van der Waals surface area contributed by atoms with Crippen molar-refractivity contribution in [3.05, 3.63) is 83.4 Å². The van der Waals surface area contributed by atoms with Gasteiger partial charge in [0.2, 0.25) is 5.91 Å². The molecular weight excluding hydrogens is 364 g/mol. The lowest BCUT2D eigenvalue weighted by Gasteiger charge is -2.12. The van der Waals surface area contributed by atoms with Gasteiger partial charge in [-0.1, -0.05) is 36.4 Å². The molecule has 6 nitrogen and oxygen atoms in total. The van der Waals surface area contributed by atoms with Crippen LogP contribution in [-0.2, 0) is 17.8 Å². The second-order valence-corrected chi connectivity index (χ2v) is 7.30. The molecule has 0 aliphatic carbocycles. The van der Waals surface area contributed by atoms with E-state index < -0.39 is 6.04 Å². The van der Waals surface area contributed by atoms with Gasteiger partial charge in [0.1, 0.15) is 12.4 Å². The van der Waals surface area contributed by atoms with Crippen LogP contribution in [0.1, 0.15) is 22.4 Å². The second kappa shape index (κ2) is 9.89. The van der Waals surface area contributed by atoms with Gasteiger partial charge in [-0.15, -0.1) is 0 Å². The summed E-state index contributed by atoms with van der Waals surface area (Å²) < 4.78 is 7.70. The number of hydrogen-bond acceptors (Lipinski definition) is 4. The molecule has 0 aliphatic heterocycles. The molecule has 0 saturated carbocycles. The van der Waals surface area contributed by atoms with Crippen LogP contribution in [0.3, 0.4) is 0 Å². The van der Waals surface area contributed by atoms with Crippen molar-refractivity contribution in [3.63, 3.8) is 0 Å². The van der Waals surface area contributed by atoms with Gasteiger partial charge in [-0.3, -0.25) is 4.79 Å². The van der Waals surface area contributed by atoms with Crippen LogP contribution in [0.5, 0.6) is 5.75 Å². The predicted octanol–water partition coefficient (Wildman–Crippen LogP) is 2.61. The van der Waals surface area contributed by atoms with Crippen LogP contribution in [0.2, 0.25) is 0 Å².